The van der Waals surface area contributed by atoms with Crippen LogP contribution in [0.4, 0.5) is 0 Å². The molecule has 9 nitrogen and oxygen atoms in total. The summed E-state index contributed by atoms with van der Waals surface area (Å²) in [6.07, 6.45) is 0.311. The van der Waals surface area contributed by atoms with Crippen molar-refractivity contribution >= 4 is 11.9 Å². The zero-order valence-electron chi connectivity index (χ0n) is 11.0. The van der Waals surface area contributed by atoms with Crippen LogP contribution in [0.5, 0.6) is 0 Å². The molecule has 2 heterocycles. The van der Waals surface area contributed by atoms with Crippen molar-refractivity contribution < 1.29 is 19.4 Å². The Morgan fingerprint density at radius 1 is 1.35 bits per heavy atom. The minimum Gasteiger partial charge on any atom is -0.476 e. The minimum atomic E-state index is -1.17. The van der Waals surface area contributed by atoms with Crippen LogP contribution in [0, 0.1) is 0 Å². The van der Waals surface area contributed by atoms with Gasteiger partial charge in [-0.1, -0.05) is 5.21 Å². The smallest absolute Gasteiger partial charge is 0.358 e. The van der Waals surface area contributed by atoms with Gasteiger partial charge in [0.05, 0.1) is 18.9 Å². The number of morpholine rings is 1. The molecule has 0 spiro atoms. The molecular formula is C11H17N5O4. The number of aromatic carboxylic acids is 1. The molecule has 110 valence electrons. The van der Waals surface area contributed by atoms with E-state index >= 15 is 0 Å². The van der Waals surface area contributed by atoms with Crippen LogP contribution < -0.4 is 5.73 Å². The average molecular weight is 283 g/mol. The van der Waals surface area contributed by atoms with Crippen molar-refractivity contribution in [1.82, 2.24) is 19.9 Å². The Balaban J connectivity index is 2.11. The van der Waals surface area contributed by atoms with E-state index in [1.165, 1.54) is 4.68 Å². The summed E-state index contributed by atoms with van der Waals surface area (Å²) in [4.78, 5) is 24.8. The van der Waals surface area contributed by atoms with Crippen LogP contribution in [0.2, 0.25) is 0 Å². The van der Waals surface area contributed by atoms with Gasteiger partial charge >= 0.3 is 5.97 Å². The first-order valence-electron chi connectivity index (χ1n) is 6.34. The lowest BCUT2D eigenvalue weighted by molar-refractivity contribution is -0.136. The summed E-state index contributed by atoms with van der Waals surface area (Å²) >= 11 is 0. The second-order valence-electron chi connectivity index (χ2n) is 4.38. The second kappa shape index (κ2) is 6.44. The fraction of sp³-hybridized carbons (Fsp3) is 0.636. The average Bonchev–Trinajstić information content (AvgIpc) is 2.83. The molecule has 0 bridgehead atoms. The molecule has 2 rings (SSSR count). The normalized spacial score (nSPS) is 15.3. The largest absolute Gasteiger partial charge is 0.476 e. The third kappa shape index (κ3) is 3.11. The van der Waals surface area contributed by atoms with E-state index in [1.807, 2.05) is 0 Å². The lowest BCUT2D eigenvalue weighted by Crippen LogP contribution is -2.42. The number of ether oxygens (including phenoxy) is 1. The van der Waals surface area contributed by atoms with Gasteiger partial charge in [0.15, 0.2) is 5.69 Å². The molecule has 0 radical (unpaired) electrons. The van der Waals surface area contributed by atoms with Gasteiger partial charge < -0.3 is 20.5 Å². The van der Waals surface area contributed by atoms with Crippen molar-refractivity contribution in [1.29, 1.82) is 0 Å². The molecule has 1 fully saturated rings. The van der Waals surface area contributed by atoms with E-state index in [0.29, 0.717) is 38.4 Å². The summed E-state index contributed by atoms with van der Waals surface area (Å²) in [5, 5.41) is 16.4. The summed E-state index contributed by atoms with van der Waals surface area (Å²) in [5.41, 5.74) is 5.69. The highest BCUT2D eigenvalue weighted by atomic mass is 16.5. The minimum absolute atomic E-state index is 0.0321. The Morgan fingerprint density at radius 2 is 2.05 bits per heavy atom. The Hall–Kier alpha value is -2.00. The van der Waals surface area contributed by atoms with Gasteiger partial charge in [0.25, 0.3) is 0 Å². The van der Waals surface area contributed by atoms with Gasteiger partial charge in [-0.3, -0.25) is 4.79 Å². The monoisotopic (exact) mass is 283 g/mol. The van der Waals surface area contributed by atoms with E-state index in [2.05, 4.69) is 10.3 Å². The number of rotatable bonds is 5. The van der Waals surface area contributed by atoms with E-state index in [1.54, 1.807) is 4.90 Å². The molecule has 0 atom stereocenters. The Bertz CT molecular complexity index is 495. The van der Waals surface area contributed by atoms with E-state index in [4.69, 9.17) is 15.6 Å². The van der Waals surface area contributed by atoms with Gasteiger partial charge in [-0.05, 0) is 6.54 Å². The first-order valence-corrected chi connectivity index (χ1v) is 6.34. The quantitative estimate of drug-likeness (QED) is 0.662. The lowest BCUT2D eigenvalue weighted by atomic mass is 10.2. The second-order valence-corrected chi connectivity index (χ2v) is 4.38. The number of nitrogens with two attached hydrogens (primary N) is 1. The number of carboxylic acids is 1. The summed E-state index contributed by atoms with van der Waals surface area (Å²) in [7, 11) is 0. The maximum absolute atomic E-state index is 12.1. The van der Waals surface area contributed by atoms with Gasteiger partial charge in [-0.2, -0.15) is 0 Å². The topological polar surface area (TPSA) is 124 Å². The zero-order valence-corrected chi connectivity index (χ0v) is 11.0. The van der Waals surface area contributed by atoms with Gasteiger partial charge in [-0.15, -0.1) is 5.10 Å². The summed E-state index contributed by atoms with van der Waals surface area (Å²) in [6, 6.07) is 0. The highest BCUT2D eigenvalue weighted by Gasteiger charge is 2.22. The number of carbonyl (C=O) groups excluding carboxylic acids is 1. The summed E-state index contributed by atoms with van der Waals surface area (Å²) in [5.74, 6) is -1.30. The van der Waals surface area contributed by atoms with Crippen LogP contribution in [0.25, 0.3) is 0 Å². The van der Waals surface area contributed by atoms with Crippen molar-refractivity contribution in [3.8, 4) is 0 Å². The van der Waals surface area contributed by atoms with Crippen molar-refractivity contribution in [3.05, 3.63) is 11.4 Å². The molecule has 1 aliphatic rings. The summed E-state index contributed by atoms with van der Waals surface area (Å²) < 4.78 is 6.49. The van der Waals surface area contributed by atoms with Crippen molar-refractivity contribution in [3.63, 3.8) is 0 Å². The molecule has 20 heavy (non-hydrogen) atoms. The molecule has 9 heteroatoms. The van der Waals surface area contributed by atoms with Gasteiger partial charge in [0.2, 0.25) is 5.91 Å². The lowest BCUT2D eigenvalue weighted by Gasteiger charge is -2.26. The van der Waals surface area contributed by atoms with Crippen LogP contribution in [0.3, 0.4) is 0 Å². The van der Waals surface area contributed by atoms with Crippen LogP contribution >= 0.6 is 0 Å². The van der Waals surface area contributed by atoms with E-state index in [-0.39, 0.29) is 24.7 Å². The van der Waals surface area contributed by atoms with Crippen molar-refractivity contribution in [2.45, 2.75) is 13.0 Å². The molecule has 1 amide bonds. The van der Waals surface area contributed by atoms with E-state index in [9.17, 15) is 9.59 Å². The number of hydrogen-bond acceptors (Lipinski definition) is 6. The SMILES string of the molecule is NCCc1c(C(=O)O)nnn1CC(=O)N1CCOCC1. The number of nitrogens with zero attached hydrogens (tertiary/aromatic N) is 4. The predicted molar refractivity (Wildman–Crippen MR) is 67.1 cm³/mol. The first-order chi connectivity index (χ1) is 9.63. The Labute approximate surface area is 115 Å². The fourth-order valence-electron chi connectivity index (χ4n) is 2.05. The number of carboxylic acid groups (broad SMARTS) is 1. The highest BCUT2D eigenvalue weighted by molar-refractivity contribution is 5.86. The third-order valence-corrected chi connectivity index (χ3v) is 3.07. The maximum atomic E-state index is 12.1. The maximum Gasteiger partial charge on any atom is 0.358 e. The number of amides is 1. The Kier molecular flexibility index (Phi) is 4.64. The summed E-state index contributed by atoms with van der Waals surface area (Å²) in [6.45, 7) is 2.32. The van der Waals surface area contributed by atoms with Gasteiger partial charge in [0.1, 0.15) is 6.54 Å². The molecule has 0 aromatic carbocycles. The molecule has 1 saturated heterocycles. The van der Waals surface area contributed by atoms with Crippen LogP contribution in [0.15, 0.2) is 0 Å². The first kappa shape index (κ1) is 14.4. The molecule has 0 unspecified atom stereocenters. The van der Waals surface area contributed by atoms with Crippen molar-refractivity contribution in [2.75, 3.05) is 32.8 Å². The molecular weight excluding hydrogens is 266 g/mol. The highest BCUT2D eigenvalue weighted by Crippen LogP contribution is 2.08. The number of carbonyl (C=O) groups is 2. The molecule has 3 N–H and O–H groups in total. The van der Waals surface area contributed by atoms with Crippen molar-refractivity contribution in [2.24, 2.45) is 5.73 Å². The zero-order chi connectivity index (χ0) is 14.5. The molecule has 0 saturated carbocycles. The van der Waals surface area contributed by atoms with E-state index in [0.717, 1.165) is 0 Å². The molecule has 1 aromatic heterocycles. The molecule has 1 aliphatic heterocycles. The third-order valence-electron chi connectivity index (χ3n) is 3.07. The van der Waals surface area contributed by atoms with Gasteiger partial charge in [0, 0.05) is 19.5 Å². The fourth-order valence-corrected chi connectivity index (χ4v) is 2.05. The van der Waals surface area contributed by atoms with Crippen LogP contribution in [0.1, 0.15) is 16.2 Å². The number of hydrogen-bond donors (Lipinski definition) is 2. The van der Waals surface area contributed by atoms with Crippen LogP contribution in [-0.2, 0) is 22.5 Å². The number of aromatic nitrogens is 3. The van der Waals surface area contributed by atoms with Crippen LogP contribution in [-0.4, -0.2) is 69.7 Å². The van der Waals surface area contributed by atoms with E-state index < -0.39 is 5.97 Å². The predicted octanol–water partition coefficient (Wildman–Crippen LogP) is -1.66. The standard InChI is InChI=1S/C11H17N5O4/c12-2-1-8-10(11(18)19)13-14-16(8)7-9(17)15-3-5-20-6-4-15/h1-7,12H2,(H,18,19). The molecule has 0 aliphatic carbocycles. The van der Waals surface area contributed by atoms with Gasteiger partial charge in [-0.25, -0.2) is 9.48 Å². The Morgan fingerprint density at radius 3 is 2.65 bits per heavy atom. The molecule has 1 aromatic rings.